The zero-order valence-corrected chi connectivity index (χ0v) is 15.7. The minimum absolute atomic E-state index is 0.200. The van der Waals surface area contributed by atoms with Crippen molar-refractivity contribution in [1.82, 2.24) is 20.1 Å². The van der Waals surface area contributed by atoms with E-state index in [9.17, 15) is 18.0 Å². The molecule has 1 amide bonds. The molecule has 1 aliphatic heterocycles. The summed E-state index contributed by atoms with van der Waals surface area (Å²) in [4.78, 5) is 13.8. The number of benzene rings is 1. The summed E-state index contributed by atoms with van der Waals surface area (Å²) in [5.74, 6) is -0.289. The molecule has 6 nitrogen and oxygen atoms in total. The third kappa shape index (κ3) is 5.29. The van der Waals surface area contributed by atoms with Crippen molar-refractivity contribution in [3.05, 3.63) is 29.3 Å². The second kappa shape index (κ2) is 8.39. The second-order valence-electron chi connectivity index (χ2n) is 5.97. The fourth-order valence-corrected chi connectivity index (χ4v) is 3.66. The lowest BCUT2D eigenvalue weighted by Crippen LogP contribution is -2.34. The maximum Gasteiger partial charge on any atom is 0.405 e. The summed E-state index contributed by atoms with van der Waals surface area (Å²) in [6, 6.07) is 7.11. The Kier molecular flexibility index (Phi) is 6.15. The maximum absolute atomic E-state index is 12.2. The molecule has 1 aromatic carbocycles. The number of halogens is 4. The predicted octanol–water partition coefficient (Wildman–Crippen LogP) is 3.29. The van der Waals surface area contributed by atoms with E-state index in [1.165, 1.54) is 0 Å². The lowest BCUT2D eigenvalue weighted by molar-refractivity contribution is -0.136. The van der Waals surface area contributed by atoms with Gasteiger partial charge >= 0.3 is 6.18 Å². The van der Waals surface area contributed by atoms with Gasteiger partial charge in [-0.05, 0) is 31.0 Å². The summed E-state index contributed by atoms with van der Waals surface area (Å²) in [6.07, 6.45) is -2.35. The molecule has 1 aromatic heterocycles. The van der Waals surface area contributed by atoms with Gasteiger partial charge in [-0.1, -0.05) is 29.4 Å². The average Bonchev–Trinajstić information content (AvgIpc) is 3.26. The van der Waals surface area contributed by atoms with Crippen LogP contribution in [0.25, 0.3) is 5.69 Å². The summed E-state index contributed by atoms with van der Waals surface area (Å²) in [7, 11) is 0. The molecule has 0 saturated carbocycles. The van der Waals surface area contributed by atoms with E-state index in [4.69, 9.17) is 11.6 Å². The highest BCUT2D eigenvalue weighted by Gasteiger charge is 2.28. The van der Waals surface area contributed by atoms with E-state index in [1.807, 2.05) is 11.4 Å². The molecule has 1 aliphatic rings. The molecule has 0 bridgehead atoms. The monoisotopic (exact) mass is 419 g/mol. The minimum atomic E-state index is -4.44. The smallest absolute Gasteiger partial charge is 0.346 e. The Morgan fingerprint density at radius 2 is 2.00 bits per heavy atom. The van der Waals surface area contributed by atoms with Gasteiger partial charge < -0.3 is 10.2 Å². The molecule has 0 spiro atoms. The topological polar surface area (TPSA) is 63.1 Å². The highest BCUT2D eigenvalue weighted by atomic mass is 35.5. The summed E-state index contributed by atoms with van der Waals surface area (Å²) < 4.78 is 38.4. The van der Waals surface area contributed by atoms with Crippen LogP contribution in [0.3, 0.4) is 0 Å². The molecular formula is C16H17ClF3N5OS. The van der Waals surface area contributed by atoms with E-state index in [0.29, 0.717) is 16.1 Å². The number of thioether (sulfide) groups is 1. The minimum Gasteiger partial charge on any atom is -0.346 e. The molecule has 0 radical (unpaired) electrons. The number of carbonyl (C=O) groups excluding carboxylic acids is 1. The van der Waals surface area contributed by atoms with E-state index in [1.54, 1.807) is 22.8 Å². The highest BCUT2D eigenvalue weighted by Crippen LogP contribution is 2.29. The number of alkyl halides is 3. The summed E-state index contributed by atoms with van der Waals surface area (Å²) >= 11 is 7.12. The number of hydrogen-bond acceptors (Lipinski definition) is 5. The zero-order chi connectivity index (χ0) is 19.4. The van der Waals surface area contributed by atoms with Crippen LogP contribution in [0, 0.1) is 0 Å². The fraction of sp³-hybridized carbons (Fsp3) is 0.438. The molecule has 27 heavy (non-hydrogen) atoms. The fourth-order valence-electron chi connectivity index (χ4n) is 2.70. The Balaban J connectivity index is 1.79. The van der Waals surface area contributed by atoms with E-state index in [0.717, 1.165) is 43.4 Å². The van der Waals surface area contributed by atoms with Gasteiger partial charge in [0.15, 0.2) is 5.16 Å². The second-order valence-corrected chi connectivity index (χ2v) is 7.35. The van der Waals surface area contributed by atoms with Gasteiger partial charge in [-0.3, -0.25) is 9.36 Å². The van der Waals surface area contributed by atoms with Crippen molar-refractivity contribution in [1.29, 1.82) is 0 Å². The van der Waals surface area contributed by atoms with Gasteiger partial charge in [0.25, 0.3) is 0 Å². The summed E-state index contributed by atoms with van der Waals surface area (Å²) in [5.41, 5.74) is 0.729. The molecule has 3 rings (SSSR count). The van der Waals surface area contributed by atoms with Crippen molar-refractivity contribution >= 4 is 35.2 Å². The van der Waals surface area contributed by atoms with E-state index < -0.39 is 18.6 Å². The Labute approximate surface area is 163 Å². The van der Waals surface area contributed by atoms with Gasteiger partial charge in [0.2, 0.25) is 11.9 Å². The number of anilines is 1. The predicted molar refractivity (Wildman–Crippen MR) is 97.6 cm³/mol. The van der Waals surface area contributed by atoms with Crippen molar-refractivity contribution in [2.24, 2.45) is 0 Å². The summed E-state index contributed by atoms with van der Waals surface area (Å²) in [6.45, 7) is 0.331. The lowest BCUT2D eigenvalue weighted by atomic mass is 10.3. The highest BCUT2D eigenvalue weighted by molar-refractivity contribution is 7.99. The first-order chi connectivity index (χ1) is 12.8. The van der Waals surface area contributed by atoms with Crippen molar-refractivity contribution in [3.8, 4) is 5.69 Å². The molecule has 0 unspecified atom stereocenters. The van der Waals surface area contributed by atoms with Crippen molar-refractivity contribution in [3.63, 3.8) is 0 Å². The Morgan fingerprint density at radius 1 is 1.26 bits per heavy atom. The van der Waals surface area contributed by atoms with Crippen molar-refractivity contribution in [2.75, 3.05) is 30.3 Å². The lowest BCUT2D eigenvalue weighted by Gasteiger charge is -2.18. The third-order valence-electron chi connectivity index (χ3n) is 3.89. The quantitative estimate of drug-likeness (QED) is 0.728. The van der Waals surface area contributed by atoms with Crippen molar-refractivity contribution in [2.45, 2.75) is 24.2 Å². The molecule has 1 fully saturated rings. The largest absolute Gasteiger partial charge is 0.405 e. The van der Waals surface area contributed by atoms with E-state index >= 15 is 0 Å². The van der Waals surface area contributed by atoms with Gasteiger partial charge in [-0.2, -0.15) is 13.2 Å². The van der Waals surface area contributed by atoms with E-state index in [2.05, 4.69) is 15.1 Å². The van der Waals surface area contributed by atoms with Crippen LogP contribution in [-0.2, 0) is 4.79 Å². The van der Waals surface area contributed by atoms with E-state index in [-0.39, 0.29) is 5.75 Å². The first-order valence-electron chi connectivity index (χ1n) is 8.26. The molecular weight excluding hydrogens is 403 g/mol. The van der Waals surface area contributed by atoms with Gasteiger partial charge in [0.1, 0.15) is 6.54 Å². The number of nitrogens with zero attached hydrogens (tertiary/aromatic N) is 4. The maximum atomic E-state index is 12.2. The van der Waals surface area contributed by atoms with Gasteiger partial charge in [-0.25, -0.2) is 0 Å². The molecule has 0 aliphatic carbocycles. The van der Waals surface area contributed by atoms with Crippen LogP contribution in [0.4, 0.5) is 19.1 Å². The Morgan fingerprint density at radius 3 is 2.67 bits per heavy atom. The molecule has 0 atom stereocenters. The molecule has 1 N–H and O–H groups in total. The number of amides is 1. The SMILES string of the molecule is O=C(CSc1nnc(N2CCCC2)n1-c1cccc(Cl)c1)NCC(F)(F)F. The number of nitrogens with one attached hydrogen (secondary N) is 1. The number of hydrogen-bond donors (Lipinski definition) is 1. The van der Waals surface area contributed by atoms with Crippen LogP contribution in [0.15, 0.2) is 29.4 Å². The van der Waals surface area contributed by atoms with Crippen molar-refractivity contribution < 1.29 is 18.0 Å². The molecule has 2 heterocycles. The summed E-state index contributed by atoms with van der Waals surface area (Å²) in [5, 5.41) is 11.2. The van der Waals surface area contributed by atoms with Gasteiger partial charge in [-0.15, -0.1) is 10.2 Å². The first-order valence-corrected chi connectivity index (χ1v) is 9.62. The van der Waals surface area contributed by atoms with Gasteiger partial charge in [0.05, 0.1) is 11.4 Å². The molecule has 2 aromatic rings. The van der Waals surface area contributed by atoms with Crippen LogP contribution < -0.4 is 10.2 Å². The van der Waals surface area contributed by atoms with Gasteiger partial charge in [0, 0.05) is 18.1 Å². The standard InChI is InChI=1S/C16H17ClF3N5OS/c17-11-4-3-5-12(8-11)25-14(24-6-1-2-7-24)22-23-15(25)27-9-13(26)21-10-16(18,19)20/h3-5,8H,1-2,6-7,9-10H2,(H,21,26). The van der Waals surface area contributed by atoms with Crippen LogP contribution >= 0.6 is 23.4 Å². The van der Waals surface area contributed by atoms with Crippen LogP contribution in [-0.4, -0.2) is 52.2 Å². The number of carbonyl (C=O) groups is 1. The van der Waals surface area contributed by atoms with Crippen LogP contribution in [0.1, 0.15) is 12.8 Å². The molecule has 146 valence electrons. The normalized spacial score (nSPS) is 14.6. The molecule has 11 heteroatoms. The number of rotatable bonds is 6. The van der Waals surface area contributed by atoms with Crippen LogP contribution in [0.2, 0.25) is 5.02 Å². The average molecular weight is 420 g/mol. The first kappa shape index (κ1) is 19.8. The Hall–Kier alpha value is -1.94. The van der Waals surface area contributed by atoms with Crippen LogP contribution in [0.5, 0.6) is 0 Å². The molecule has 1 saturated heterocycles. The Bertz CT molecular complexity index is 808. The number of aromatic nitrogens is 3. The third-order valence-corrected chi connectivity index (χ3v) is 5.05. The zero-order valence-electron chi connectivity index (χ0n) is 14.2.